The lowest BCUT2D eigenvalue weighted by Gasteiger charge is -2.19. The van der Waals surface area contributed by atoms with E-state index >= 15 is 0 Å². The van der Waals surface area contributed by atoms with E-state index in [-0.39, 0.29) is 0 Å². The summed E-state index contributed by atoms with van der Waals surface area (Å²) in [7, 11) is 0. The molecule has 0 amide bonds. The van der Waals surface area contributed by atoms with Gasteiger partial charge in [-0.2, -0.15) is 0 Å². The Morgan fingerprint density at radius 3 is 2.39 bits per heavy atom. The number of H-pyrrole nitrogens is 2. The molecule has 8 rings (SSSR count). The first-order valence-electron chi connectivity index (χ1n) is 13.1. The number of nitrogens with one attached hydrogen (secondary N) is 2. The van der Waals surface area contributed by atoms with Crippen LogP contribution in [0.15, 0.2) is 72.8 Å². The Balaban J connectivity index is 1.31. The average Bonchev–Trinajstić information content (AvgIpc) is 3.56. The highest BCUT2D eigenvalue weighted by Crippen LogP contribution is 2.43. The van der Waals surface area contributed by atoms with Gasteiger partial charge < -0.3 is 14.7 Å². The fraction of sp³-hybridized carbons (Fsp3) is 0.152. The highest BCUT2D eigenvalue weighted by atomic mass is 16.5. The van der Waals surface area contributed by atoms with E-state index in [4.69, 9.17) is 14.7 Å². The molecular weight excluding hydrogens is 468 g/mol. The molecule has 5 nitrogen and oxygen atoms in total. The van der Waals surface area contributed by atoms with E-state index in [1.807, 2.05) is 6.92 Å². The number of aryl methyl sites for hydroxylation is 1. The number of hydrogen-bond acceptors (Lipinski definition) is 3. The molecule has 0 saturated carbocycles. The van der Waals surface area contributed by atoms with Crippen LogP contribution in [0.4, 0.5) is 0 Å². The number of nitrogens with zero attached hydrogens (tertiary/aromatic N) is 2. The maximum Gasteiger partial charge on any atom is 0.137 e. The van der Waals surface area contributed by atoms with E-state index in [2.05, 4.69) is 96.6 Å². The molecule has 0 saturated heterocycles. The summed E-state index contributed by atoms with van der Waals surface area (Å²) in [4.78, 5) is 16.6. The summed E-state index contributed by atoms with van der Waals surface area (Å²) in [6.07, 6.45) is 0. The van der Waals surface area contributed by atoms with Crippen molar-refractivity contribution in [2.75, 3.05) is 0 Å². The predicted octanol–water partition coefficient (Wildman–Crippen LogP) is 8.40. The topological polar surface area (TPSA) is 66.6 Å². The van der Waals surface area contributed by atoms with Crippen molar-refractivity contribution in [1.82, 2.24) is 19.9 Å². The molecule has 0 bridgehead atoms. The van der Waals surface area contributed by atoms with Gasteiger partial charge in [0.1, 0.15) is 24.0 Å². The number of benzene rings is 5. The van der Waals surface area contributed by atoms with Crippen molar-refractivity contribution in [3.05, 3.63) is 90.1 Å². The Morgan fingerprint density at radius 2 is 1.55 bits per heavy atom. The third-order valence-electron chi connectivity index (χ3n) is 7.85. The van der Waals surface area contributed by atoms with E-state index < -0.39 is 0 Å². The molecule has 0 fully saturated rings. The van der Waals surface area contributed by atoms with Crippen molar-refractivity contribution in [2.45, 2.75) is 33.3 Å². The van der Waals surface area contributed by atoms with Crippen LogP contribution in [0, 0.1) is 6.92 Å². The van der Waals surface area contributed by atoms with Crippen LogP contribution in [-0.4, -0.2) is 19.9 Å². The number of rotatable bonds is 2. The van der Waals surface area contributed by atoms with Gasteiger partial charge in [0, 0.05) is 27.6 Å². The molecule has 2 N–H and O–H groups in total. The molecule has 2 aromatic heterocycles. The van der Waals surface area contributed by atoms with Gasteiger partial charge in [-0.15, -0.1) is 0 Å². The van der Waals surface area contributed by atoms with Gasteiger partial charge in [-0.05, 0) is 52.4 Å². The molecule has 38 heavy (non-hydrogen) atoms. The fourth-order valence-electron chi connectivity index (χ4n) is 5.98. The molecule has 0 aliphatic carbocycles. The summed E-state index contributed by atoms with van der Waals surface area (Å²) in [5, 5.41) is 7.13. The third-order valence-corrected chi connectivity index (χ3v) is 7.85. The summed E-state index contributed by atoms with van der Waals surface area (Å²) >= 11 is 0. The highest BCUT2D eigenvalue weighted by Gasteiger charge is 2.23. The van der Waals surface area contributed by atoms with E-state index in [1.54, 1.807) is 0 Å². The summed E-state index contributed by atoms with van der Waals surface area (Å²) in [6, 6.07) is 26.3. The van der Waals surface area contributed by atoms with Crippen molar-refractivity contribution in [1.29, 1.82) is 0 Å². The largest absolute Gasteiger partial charge is 0.486 e. The Hall–Kier alpha value is -4.64. The Labute approximate surface area is 219 Å². The third kappa shape index (κ3) is 2.99. The van der Waals surface area contributed by atoms with Gasteiger partial charge >= 0.3 is 0 Å². The molecule has 5 aromatic carbocycles. The van der Waals surface area contributed by atoms with E-state index in [1.165, 1.54) is 32.7 Å². The molecule has 1 aliphatic heterocycles. The van der Waals surface area contributed by atoms with Gasteiger partial charge in [0.15, 0.2) is 0 Å². The van der Waals surface area contributed by atoms with Gasteiger partial charge in [-0.25, -0.2) is 9.97 Å². The van der Waals surface area contributed by atoms with Crippen LogP contribution < -0.4 is 4.74 Å². The number of imidazole rings is 2. The average molecular weight is 495 g/mol. The predicted molar refractivity (Wildman–Crippen MR) is 155 cm³/mol. The lowest BCUT2D eigenvalue weighted by Crippen LogP contribution is -2.05. The zero-order valence-corrected chi connectivity index (χ0v) is 21.5. The zero-order valence-electron chi connectivity index (χ0n) is 21.5. The number of fused-ring (bicyclic) bond motifs is 11. The zero-order chi connectivity index (χ0) is 25.5. The Kier molecular flexibility index (Phi) is 4.34. The first-order chi connectivity index (χ1) is 18.5. The summed E-state index contributed by atoms with van der Waals surface area (Å²) in [6.45, 7) is 6.86. The van der Waals surface area contributed by atoms with Crippen LogP contribution in [0.5, 0.6) is 5.75 Å². The first-order valence-corrected chi connectivity index (χ1v) is 13.1. The first kappa shape index (κ1) is 21.4. The van der Waals surface area contributed by atoms with Gasteiger partial charge in [0.2, 0.25) is 0 Å². The van der Waals surface area contributed by atoms with Crippen molar-refractivity contribution in [3.63, 3.8) is 0 Å². The Bertz CT molecular complexity index is 2080. The number of ether oxygens (including phenoxy) is 1. The minimum Gasteiger partial charge on any atom is -0.486 e. The molecule has 3 heterocycles. The lowest BCUT2D eigenvalue weighted by molar-refractivity contribution is 0.301. The van der Waals surface area contributed by atoms with Gasteiger partial charge in [0.25, 0.3) is 0 Å². The van der Waals surface area contributed by atoms with Gasteiger partial charge in [-0.3, -0.25) is 0 Å². The van der Waals surface area contributed by atoms with Crippen LogP contribution in [-0.2, 0) is 6.61 Å². The van der Waals surface area contributed by atoms with Crippen LogP contribution >= 0.6 is 0 Å². The lowest BCUT2D eigenvalue weighted by atomic mass is 9.94. The second kappa shape index (κ2) is 7.68. The standard InChI is InChI=1S/C33H26N4O/c1-17(2)33-36-30-24-7-5-4-6-23(24)27-15-20(9-12-25(27)31(30)37-33)19-8-11-22-21(14-19)10-13-26-29-28(16-38-32(22)26)34-18(3)35-29/h4-15,17H,16H2,1-3H3,(H,34,35)(H,36,37). The molecule has 0 radical (unpaired) electrons. The van der Waals surface area contributed by atoms with Crippen LogP contribution in [0.25, 0.3) is 65.7 Å². The molecule has 0 spiro atoms. The van der Waals surface area contributed by atoms with E-state index in [9.17, 15) is 0 Å². The van der Waals surface area contributed by atoms with Crippen molar-refractivity contribution >= 4 is 43.4 Å². The highest BCUT2D eigenvalue weighted by molar-refractivity contribution is 6.23. The molecule has 7 aromatic rings. The SMILES string of the molecule is Cc1nc2c([nH]1)COc1c-2ccc2cc(-c3ccc4c(c3)c3ccccc3c3nc(C(C)C)[nH]c43)ccc12. The van der Waals surface area contributed by atoms with Crippen molar-refractivity contribution in [2.24, 2.45) is 0 Å². The van der Waals surface area contributed by atoms with E-state index in [0.717, 1.165) is 56.2 Å². The second-order valence-electron chi connectivity index (χ2n) is 10.6. The quantitative estimate of drug-likeness (QED) is 0.237. The smallest absolute Gasteiger partial charge is 0.137 e. The minimum atomic E-state index is 0.339. The Morgan fingerprint density at radius 1 is 0.763 bits per heavy atom. The molecule has 0 unspecified atom stereocenters. The summed E-state index contributed by atoms with van der Waals surface area (Å²) in [5.41, 5.74) is 7.64. The summed E-state index contributed by atoms with van der Waals surface area (Å²) < 4.78 is 6.21. The molecule has 5 heteroatoms. The van der Waals surface area contributed by atoms with Crippen molar-refractivity contribution < 1.29 is 4.74 Å². The van der Waals surface area contributed by atoms with Gasteiger partial charge in [-0.1, -0.05) is 68.4 Å². The second-order valence-corrected chi connectivity index (χ2v) is 10.6. The molecular formula is C33H26N4O. The molecule has 1 aliphatic rings. The van der Waals surface area contributed by atoms with Crippen LogP contribution in [0.3, 0.4) is 0 Å². The van der Waals surface area contributed by atoms with Crippen molar-refractivity contribution in [3.8, 4) is 28.1 Å². The molecule has 0 atom stereocenters. The number of hydrogen-bond donors (Lipinski definition) is 2. The minimum absolute atomic E-state index is 0.339. The molecule has 184 valence electrons. The maximum atomic E-state index is 6.21. The number of aromatic nitrogens is 4. The maximum absolute atomic E-state index is 6.21. The van der Waals surface area contributed by atoms with Crippen LogP contribution in [0.2, 0.25) is 0 Å². The normalized spacial score (nSPS) is 12.9. The fourth-order valence-corrected chi connectivity index (χ4v) is 5.98. The monoisotopic (exact) mass is 494 g/mol. The summed E-state index contributed by atoms with van der Waals surface area (Å²) in [5.74, 6) is 3.20. The number of aromatic amines is 2. The van der Waals surface area contributed by atoms with Gasteiger partial charge in [0.05, 0.1) is 22.4 Å². The van der Waals surface area contributed by atoms with E-state index in [0.29, 0.717) is 12.5 Å². The van der Waals surface area contributed by atoms with Crippen LogP contribution in [0.1, 0.15) is 37.1 Å².